The summed E-state index contributed by atoms with van der Waals surface area (Å²) in [7, 11) is 1.61. The number of carboxylic acids is 1. The number of amides is 1. The molecule has 1 aromatic carbocycles. The summed E-state index contributed by atoms with van der Waals surface area (Å²) in [5, 5.41) is 11.2. The van der Waals surface area contributed by atoms with E-state index in [4.69, 9.17) is 9.84 Å². The zero-order valence-electron chi connectivity index (χ0n) is 11.0. The van der Waals surface area contributed by atoms with Crippen LogP contribution in [-0.4, -0.2) is 30.6 Å². The molecule has 104 valence electrons. The first-order valence-corrected chi connectivity index (χ1v) is 6.23. The first kappa shape index (κ1) is 15.0. The predicted octanol–water partition coefficient (Wildman–Crippen LogP) is 1.61. The van der Waals surface area contributed by atoms with Gasteiger partial charge in [0, 0.05) is 19.4 Å². The molecule has 0 radical (unpaired) electrons. The van der Waals surface area contributed by atoms with Gasteiger partial charge >= 0.3 is 5.97 Å². The summed E-state index contributed by atoms with van der Waals surface area (Å²) in [5.74, 6) is -0.182. The maximum absolute atomic E-state index is 11.4. The molecule has 0 fully saturated rings. The van der Waals surface area contributed by atoms with E-state index in [9.17, 15) is 9.59 Å². The van der Waals surface area contributed by atoms with Crippen molar-refractivity contribution in [1.29, 1.82) is 0 Å². The minimum absolute atomic E-state index is 0.0311. The molecule has 0 unspecified atom stereocenters. The summed E-state index contributed by atoms with van der Waals surface area (Å²) in [4.78, 5) is 21.7. The van der Waals surface area contributed by atoms with Crippen molar-refractivity contribution >= 4 is 11.9 Å². The van der Waals surface area contributed by atoms with E-state index in [-0.39, 0.29) is 18.7 Å². The summed E-state index contributed by atoms with van der Waals surface area (Å²) in [6, 6.07) is 7.67. The van der Waals surface area contributed by atoms with Crippen molar-refractivity contribution in [3.05, 3.63) is 29.8 Å². The molecule has 0 bridgehead atoms. The van der Waals surface area contributed by atoms with E-state index in [0.29, 0.717) is 13.0 Å². The van der Waals surface area contributed by atoms with Crippen molar-refractivity contribution in [2.45, 2.75) is 25.7 Å². The largest absolute Gasteiger partial charge is 0.497 e. The lowest BCUT2D eigenvalue weighted by Gasteiger charge is -2.06. The monoisotopic (exact) mass is 265 g/mol. The van der Waals surface area contributed by atoms with Crippen LogP contribution in [0.2, 0.25) is 0 Å². The molecule has 5 nitrogen and oxygen atoms in total. The molecule has 0 aliphatic heterocycles. The van der Waals surface area contributed by atoms with Gasteiger partial charge in [0.05, 0.1) is 7.11 Å². The van der Waals surface area contributed by atoms with Gasteiger partial charge in [-0.25, -0.2) is 0 Å². The Balaban J connectivity index is 2.22. The van der Waals surface area contributed by atoms with Crippen LogP contribution < -0.4 is 10.1 Å². The molecule has 1 rings (SSSR count). The molecule has 19 heavy (non-hydrogen) atoms. The van der Waals surface area contributed by atoms with Crippen molar-refractivity contribution < 1.29 is 19.4 Å². The first-order chi connectivity index (χ1) is 9.11. The van der Waals surface area contributed by atoms with Crippen molar-refractivity contribution in [3.8, 4) is 5.75 Å². The van der Waals surface area contributed by atoms with Gasteiger partial charge < -0.3 is 15.2 Å². The van der Waals surface area contributed by atoms with Gasteiger partial charge in [0.25, 0.3) is 0 Å². The molecule has 2 N–H and O–H groups in total. The van der Waals surface area contributed by atoms with Gasteiger partial charge in [-0.05, 0) is 30.5 Å². The maximum Gasteiger partial charge on any atom is 0.303 e. The highest BCUT2D eigenvalue weighted by molar-refractivity contribution is 5.76. The molecule has 0 spiro atoms. The fraction of sp³-hybridized carbons (Fsp3) is 0.429. The number of ether oxygens (including phenoxy) is 1. The van der Waals surface area contributed by atoms with E-state index >= 15 is 0 Å². The minimum atomic E-state index is -0.871. The van der Waals surface area contributed by atoms with Crippen LogP contribution in [0.3, 0.4) is 0 Å². The van der Waals surface area contributed by atoms with Gasteiger partial charge in [0.15, 0.2) is 0 Å². The fourth-order valence-electron chi connectivity index (χ4n) is 1.66. The normalized spacial score (nSPS) is 9.95. The smallest absolute Gasteiger partial charge is 0.303 e. The van der Waals surface area contributed by atoms with E-state index in [0.717, 1.165) is 17.7 Å². The Morgan fingerprint density at radius 3 is 2.79 bits per heavy atom. The molecule has 0 heterocycles. The molecule has 0 saturated heterocycles. The highest BCUT2D eigenvalue weighted by Crippen LogP contribution is 2.12. The Labute approximate surface area is 112 Å². The number of hydrogen-bond acceptors (Lipinski definition) is 3. The van der Waals surface area contributed by atoms with Gasteiger partial charge in [0.2, 0.25) is 5.91 Å². The van der Waals surface area contributed by atoms with E-state index in [1.165, 1.54) is 0 Å². The lowest BCUT2D eigenvalue weighted by Crippen LogP contribution is -2.25. The van der Waals surface area contributed by atoms with E-state index < -0.39 is 5.97 Å². The lowest BCUT2D eigenvalue weighted by atomic mass is 10.1. The third-order valence-electron chi connectivity index (χ3n) is 2.66. The number of rotatable bonds is 8. The SMILES string of the molecule is COc1cccc(CCNC(=O)CCCC(=O)O)c1. The standard InChI is InChI=1S/C14H19NO4/c1-19-12-5-2-4-11(10-12)8-9-15-13(16)6-3-7-14(17)18/h2,4-5,10H,3,6-9H2,1H3,(H,15,16)(H,17,18). The number of aliphatic carboxylic acids is 1. The summed E-state index contributed by atoms with van der Waals surface area (Å²) in [5.41, 5.74) is 1.09. The summed E-state index contributed by atoms with van der Waals surface area (Å²) in [6.45, 7) is 0.541. The van der Waals surface area contributed by atoms with Crippen LogP contribution in [0, 0.1) is 0 Å². The van der Waals surface area contributed by atoms with Crippen molar-refractivity contribution in [1.82, 2.24) is 5.32 Å². The van der Waals surface area contributed by atoms with Gasteiger partial charge in [-0.1, -0.05) is 12.1 Å². The van der Waals surface area contributed by atoms with Crippen LogP contribution in [-0.2, 0) is 16.0 Å². The summed E-state index contributed by atoms with van der Waals surface area (Å²) in [6.07, 6.45) is 1.38. The van der Waals surface area contributed by atoms with E-state index in [1.807, 2.05) is 24.3 Å². The Hall–Kier alpha value is -2.04. The molecular weight excluding hydrogens is 246 g/mol. The topological polar surface area (TPSA) is 75.6 Å². The maximum atomic E-state index is 11.4. The molecular formula is C14H19NO4. The number of hydrogen-bond donors (Lipinski definition) is 2. The number of carbonyl (C=O) groups is 2. The second kappa shape index (κ2) is 8.13. The van der Waals surface area contributed by atoms with Gasteiger partial charge in [0.1, 0.15) is 5.75 Å². The van der Waals surface area contributed by atoms with Crippen LogP contribution in [0.15, 0.2) is 24.3 Å². The molecule has 0 aliphatic rings. The highest BCUT2D eigenvalue weighted by atomic mass is 16.5. The molecule has 0 aromatic heterocycles. The molecule has 5 heteroatoms. The molecule has 0 atom stereocenters. The quantitative estimate of drug-likeness (QED) is 0.748. The Bertz CT molecular complexity index is 431. The third-order valence-corrected chi connectivity index (χ3v) is 2.66. The zero-order chi connectivity index (χ0) is 14.1. The van der Waals surface area contributed by atoms with Crippen LogP contribution in [0.4, 0.5) is 0 Å². The van der Waals surface area contributed by atoms with Gasteiger partial charge in [-0.3, -0.25) is 9.59 Å². The number of carbonyl (C=O) groups excluding carboxylic acids is 1. The molecule has 1 amide bonds. The second-order valence-corrected chi connectivity index (χ2v) is 4.20. The van der Waals surface area contributed by atoms with E-state index in [2.05, 4.69) is 5.32 Å². The zero-order valence-corrected chi connectivity index (χ0v) is 11.0. The first-order valence-electron chi connectivity index (χ1n) is 6.23. The number of methoxy groups -OCH3 is 1. The summed E-state index contributed by atoms with van der Waals surface area (Å²) < 4.78 is 5.11. The predicted molar refractivity (Wildman–Crippen MR) is 71.2 cm³/mol. The average molecular weight is 265 g/mol. The van der Waals surface area contributed by atoms with Crippen molar-refractivity contribution in [2.75, 3.05) is 13.7 Å². The number of carboxylic acid groups (broad SMARTS) is 1. The minimum Gasteiger partial charge on any atom is -0.497 e. The lowest BCUT2D eigenvalue weighted by molar-refractivity contribution is -0.137. The molecule has 1 aromatic rings. The molecule has 0 saturated carbocycles. The van der Waals surface area contributed by atoms with Crippen molar-refractivity contribution in [3.63, 3.8) is 0 Å². The highest BCUT2D eigenvalue weighted by Gasteiger charge is 2.03. The van der Waals surface area contributed by atoms with E-state index in [1.54, 1.807) is 7.11 Å². The van der Waals surface area contributed by atoms with Gasteiger partial charge in [-0.2, -0.15) is 0 Å². The van der Waals surface area contributed by atoms with Crippen LogP contribution >= 0.6 is 0 Å². The Morgan fingerprint density at radius 2 is 2.11 bits per heavy atom. The number of nitrogens with one attached hydrogen (secondary N) is 1. The number of benzene rings is 1. The second-order valence-electron chi connectivity index (χ2n) is 4.20. The summed E-state index contributed by atoms with van der Waals surface area (Å²) >= 11 is 0. The fourth-order valence-corrected chi connectivity index (χ4v) is 1.66. The van der Waals surface area contributed by atoms with Crippen LogP contribution in [0.25, 0.3) is 0 Å². The van der Waals surface area contributed by atoms with Crippen LogP contribution in [0.1, 0.15) is 24.8 Å². The van der Waals surface area contributed by atoms with Crippen molar-refractivity contribution in [2.24, 2.45) is 0 Å². The Kier molecular flexibility index (Phi) is 6.43. The van der Waals surface area contributed by atoms with Crippen LogP contribution in [0.5, 0.6) is 5.75 Å². The average Bonchev–Trinajstić information content (AvgIpc) is 2.38. The Morgan fingerprint density at radius 1 is 1.32 bits per heavy atom. The molecule has 0 aliphatic carbocycles. The van der Waals surface area contributed by atoms with Gasteiger partial charge in [-0.15, -0.1) is 0 Å². The third kappa shape index (κ3) is 6.45.